The molecule has 0 aliphatic carbocycles. The highest BCUT2D eigenvalue weighted by Gasteiger charge is 2.35. The van der Waals surface area contributed by atoms with Crippen LogP contribution in [0.3, 0.4) is 0 Å². The van der Waals surface area contributed by atoms with E-state index in [4.69, 9.17) is 0 Å². The van der Waals surface area contributed by atoms with E-state index in [1.165, 1.54) is 12.5 Å². The molecule has 0 spiro atoms. The van der Waals surface area contributed by atoms with Gasteiger partial charge >= 0.3 is 0 Å². The largest absolute Gasteiger partial charge is 0.321 e. The zero-order valence-electron chi connectivity index (χ0n) is 13.5. The molecule has 1 aliphatic rings. The summed E-state index contributed by atoms with van der Waals surface area (Å²) in [6.45, 7) is 5.63. The zero-order chi connectivity index (χ0) is 16.3. The molecule has 0 radical (unpaired) electrons. The van der Waals surface area contributed by atoms with Gasteiger partial charge in [-0.15, -0.1) is 0 Å². The summed E-state index contributed by atoms with van der Waals surface area (Å²) in [6, 6.07) is 4.63. The van der Waals surface area contributed by atoms with Crippen LogP contribution in [-0.4, -0.2) is 41.5 Å². The second-order valence-electron chi connectivity index (χ2n) is 6.41. The summed E-state index contributed by atoms with van der Waals surface area (Å²) in [5.74, 6) is -0.0810. The summed E-state index contributed by atoms with van der Waals surface area (Å²) >= 11 is 0. The van der Waals surface area contributed by atoms with E-state index in [9.17, 15) is 14.9 Å². The first-order valence-corrected chi connectivity index (χ1v) is 7.73. The quantitative estimate of drug-likeness (QED) is 0.528. The molecule has 1 fully saturated rings. The average Bonchev–Trinajstić information content (AvgIpc) is 2.48. The monoisotopic (exact) mass is 306 g/mol. The highest BCUT2D eigenvalue weighted by atomic mass is 16.6. The van der Waals surface area contributed by atoms with Crippen LogP contribution >= 0.6 is 0 Å². The molecule has 120 valence electrons. The third kappa shape index (κ3) is 3.44. The molecule has 1 unspecified atom stereocenters. The van der Waals surface area contributed by atoms with Crippen molar-refractivity contribution in [2.45, 2.75) is 39.2 Å². The van der Waals surface area contributed by atoms with Gasteiger partial charge < -0.3 is 9.80 Å². The van der Waals surface area contributed by atoms with Crippen molar-refractivity contribution in [3.63, 3.8) is 0 Å². The number of nitro benzene ring substituents is 1. The van der Waals surface area contributed by atoms with Crippen LogP contribution in [0.5, 0.6) is 0 Å². The van der Waals surface area contributed by atoms with Crippen LogP contribution < -0.4 is 5.32 Å². The molecule has 6 nitrogen and oxygen atoms in total. The number of nitro groups is 1. The van der Waals surface area contributed by atoms with Crippen molar-refractivity contribution >= 4 is 17.3 Å². The molecule has 0 bridgehead atoms. The molecule has 1 amide bonds. The Balaban J connectivity index is 2.11. The number of nitrogens with one attached hydrogen (secondary N) is 1. The lowest BCUT2D eigenvalue weighted by molar-refractivity contribution is -0.926. The minimum absolute atomic E-state index is 0.0313. The molecule has 1 N–H and O–H groups in total. The second-order valence-corrected chi connectivity index (χ2v) is 6.41. The lowest BCUT2D eigenvalue weighted by Gasteiger charge is -2.41. The Labute approximate surface area is 130 Å². The summed E-state index contributed by atoms with van der Waals surface area (Å²) in [6.07, 6.45) is 3.51. The summed E-state index contributed by atoms with van der Waals surface area (Å²) in [7, 11) is 2.11. The van der Waals surface area contributed by atoms with Gasteiger partial charge in [0.1, 0.15) is 0 Å². The standard InChI is InChI=1S/C16H23N3O3/c1-12-7-8-14(11-15(12)18(21)22)17-16(20)13(2)19(3)9-5-4-6-10-19/h7-8,11,13H,4-6,9-10H2,1-3H3/p+1. The van der Waals surface area contributed by atoms with Crippen LogP contribution in [0.2, 0.25) is 0 Å². The number of hydrogen-bond acceptors (Lipinski definition) is 3. The van der Waals surface area contributed by atoms with Gasteiger partial charge in [-0.3, -0.25) is 14.9 Å². The van der Waals surface area contributed by atoms with Gasteiger partial charge in [-0.05, 0) is 39.2 Å². The van der Waals surface area contributed by atoms with Gasteiger partial charge in [0.25, 0.3) is 11.6 Å². The lowest BCUT2D eigenvalue weighted by Crippen LogP contribution is -2.58. The van der Waals surface area contributed by atoms with Crippen molar-refractivity contribution in [3.05, 3.63) is 33.9 Å². The predicted molar refractivity (Wildman–Crippen MR) is 85.7 cm³/mol. The Morgan fingerprint density at radius 3 is 2.55 bits per heavy atom. The van der Waals surface area contributed by atoms with Gasteiger partial charge in [0, 0.05) is 17.3 Å². The van der Waals surface area contributed by atoms with E-state index in [2.05, 4.69) is 12.4 Å². The highest BCUT2D eigenvalue weighted by Crippen LogP contribution is 2.24. The number of likely N-dealkylation sites (tertiary alicyclic amines) is 1. The summed E-state index contributed by atoms with van der Waals surface area (Å²) < 4.78 is 0.736. The molecule has 0 aromatic heterocycles. The number of hydrogen-bond donors (Lipinski definition) is 1. The van der Waals surface area contributed by atoms with Crippen molar-refractivity contribution in [1.82, 2.24) is 0 Å². The maximum absolute atomic E-state index is 12.5. The highest BCUT2D eigenvalue weighted by molar-refractivity contribution is 5.94. The smallest absolute Gasteiger partial charge is 0.282 e. The van der Waals surface area contributed by atoms with Crippen LogP contribution in [-0.2, 0) is 4.79 Å². The summed E-state index contributed by atoms with van der Waals surface area (Å²) in [5, 5.41) is 13.8. The van der Waals surface area contributed by atoms with Gasteiger partial charge in [-0.2, -0.15) is 0 Å². The van der Waals surface area contributed by atoms with Crippen LogP contribution in [0.15, 0.2) is 18.2 Å². The number of likely N-dealkylation sites (N-methyl/N-ethyl adjacent to an activating group) is 1. The molecule has 1 atom stereocenters. The Morgan fingerprint density at radius 1 is 1.32 bits per heavy atom. The molecule has 0 saturated carbocycles. The maximum Gasteiger partial charge on any atom is 0.282 e. The fourth-order valence-corrected chi connectivity index (χ4v) is 3.04. The van der Waals surface area contributed by atoms with E-state index in [1.54, 1.807) is 19.1 Å². The molecule has 2 rings (SSSR count). The van der Waals surface area contributed by atoms with E-state index in [0.29, 0.717) is 11.3 Å². The molecule has 6 heteroatoms. The molecule has 1 aromatic carbocycles. The Hall–Kier alpha value is -1.95. The Kier molecular flexibility index (Phi) is 4.81. The summed E-state index contributed by atoms with van der Waals surface area (Å²) in [5.41, 5.74) is 1.10. The molecule has 22 heavy (non-hydrogen) atoms. The van der Waals surface area contributed by atoms with Gasteiger partial charge in [-0.1, -0.05) is 6.07 Å². The molecular formula is C16H24N3O3+. The van der Waals surface area contributed by atoms with E-state index >= 15 is 0 Å². The molecule has 1 aromatic rings. The molecule has 1 aliphatic heterocycles. The van der Waals surface area contributed by atoms with Gasteiger partial charge in [0.2, 0.25) is 0 Å². The number of carbonyl (C=O) groups is 1. The third-order valence-electron chi connectivity index (χ3n) is 4.83. The predicted octanol–water partition coefficient (Wildman–Crippen LogP) is 2.86. The van der Waals surface area contributed by atoms with Crippen molar-refractivity contribution in [2.75, 3.05) is 25.5 Å². The number of anilines is 1. The SMILES string of the molecule is Cc1ccc(NC(=O)C(C)[N+]2(C)CCCCC2)cc1[N+](=O)[O-]. The molecule has 1 heterocycles. The minimum atomic E-state index is -0.424. The van der Waals surface area contributed by atoms with Crippen LogP contribution in [0, 0.1) is 17.0 Å². The summed E-state index contributed by atoms with van der Waals surface area (Å²) in [4.78, 5) is 23.0. The average molecular weight is 306 g/mol. The third-order valence-corrected chi connectivity index (χ3v) is 4.83. The van der Waals surface area contributed by atoms with Crippen molar-refractivity contribution in [1.29, 1.82) is 0 Å². The molecular weight excluding hydrogens is 282 g/mol. The van der Waals surface area contributed by atoms with Crippen LogP contribution in [0.25, 0.3) is 0 Å². The van der Waals surface area contributed by atoms with Gasteiger partial charge in [0.15, 0.2) is 6.04 Å². The van der Waals surface area contributed by atoms with Gasteiger partial charge in [-0.25, -0.2) is 0 Å². The van der Waals surface area contributed by atoms with E-state index in [0.717, 1.165) is 30.4 Å². The number of benzene rings is 1. The Bertz CT molecular complexity index is 580. The van der Waals surface area contributed by atoms with E-state index in [-0.39, 0.29) is 17.6 Å². The first-order valence-electron chi connectivity index (χ1n) is 7.73. The molecule has 1 saturated heterocycles. The van der Waals surface area contributed by atoms with Crippen molar-refractivity contribution in [2.24, 2.45) is 0 Å². The van der Waals surface area contributed by atoms with Crippen molar-refractivity contribution < 1.29 is 14.2 Å². The van der Waals surface area contributed by atoms with Crippen LogP contribution in [0.4, 0.5) is 11.4 Å². The topological polar surface area (TPSA) is 72.2 Å². The fourth-order valence-electron chi connectivity index (χ4n) is 3.04. The number of aryl methyl sites for hydroxylation is 1. The van der Waals surface area contributed by atoms with Crippen LogP contribution in [0.1, 0.15) is 31.7 Å². The van der Waals surface area contributed by atoms with E-state index in [1.807, 2.05) is 6.92 Å². The fraction of sp³-hybridized carbons (Fsp3) is 0.562. The lowest BCUT2D eigenvalue weighted by atomic mass is 10.0. The Morgan fingerprint density at radius 2 is 1.95 bits per heavy atom. The maximum atomic E-state index is 12.5. The second kappa shape index (κ2) is 6.44. The normalized spacial score (nSPS) is 18.5. The number of amides is 1. The number of piperidine rings is 1. The number of carbonyl (C=O) groups excluding carboxylic acids is 1. The van der Waals surface area contributed by atoms with Crippen molar-refractivity contribution in [3.8, 4) is 0 Å². The minimum Gasteiger partial charge on any atom is -0.321 e. The number of rotatable bonds is 4. The van der Waals surface area contributed by atoms with E-state index < -0.39 is 4.92 Å². The first-order chi connectivity index (χ1) is 10.3. The number of nitrogens with zero attached hydrogens (tertiary/aromatic N) is 2. The van der Waals surface area contributed by atoms with Gasteiger partial charge in [0.05, 0.1) is 25.1 Å². The number of quaternary nitrogens is 1. The first kappa shape index (κ1) is 16.4. The zero-order valence-corrected chi connectivity index (χ0v) is 13.5.